The Kier molecular flexibility index (Phi) is 4.05. The van der Waals surface area contributed by atoms with Crippen molar-refractivity contribution in [2.24, 2.45) is 0 Å². The first-order valence-electron chi connectivity index (χ1n) is 6.22. The molecule has 0 fully saturated rings. The Balaban J connectivity index is 2.45. The van der Waals surface area contributed by atoms with Gasteiger partial charge in [0.1, 0.15) is 11.6 Å². The van der Waals surface area contributed by atoms with Crippen LogP contribution < -0.4 is 4.90 Å². The lowest BCUT2D eigenvalue weighted by molar-refractivity contribution is 0.578. The van der Waals surface area contributed by atoms with Gasteiger partial charge in [-0.25, -0.2) is 8.78 Å². The number of hydrogen-bond donors (Lipinski definition) is 0. The van der Waals surface area contributed by atoms with E-state index in [1.54, 1.807) is 6.92 Å². The molecule has 0 saturated carbocycles. The van der Waals surface area contributed by atoms with E-state index in [-0.39, 0.29) is 5.56 Å². The van der Waals surface area contributed by atoms with Crippen LogP contribution in [0.5, 0.6) is 0 Å². The van der Waals surface area contributed by atoms with E-state index >= 15 is 0 Å². The fraction of sp³-hybridized carbons (Fsp3) is 0.176. The molecular weight excluding hydrogens is 256 g/mol. The molecule has 0 bridgehead atoms. The second kappa shape index (κ2) is 5.75. The summed E-state index contributed by atoms with van der Waals surface area (Å²) < 4.78 is 27.7. The van der Waals surface area contributed by atoms with Gasteiger partial charge in [0.15, 0.2) is 0 Å². The lowest BCUT2D eigenvalue weighted by Gasteiger charge is -2.13. The largest absolute Gasteiger partial charge is 0.378 e. The smallest absolute Gasteiger partial charge is 0.142 e. The molecule has 20 heavy (non-hydrogen) atoms. The summed E-state index contributed by atoms with van der Waals surface area (Å²) in [5, 5.41) is 0. The molecule has 0 unspecified atom stereocenters. The Bertz CT molecular complexity index is 653. The molecule has 2 aromatic carbocycles. The van der Waals surface area contributed by atoms with Crippen LogP contribution in [0, 0.1) is 23.5 Å². The molecule has 2 rings (SSSR count). The Labute approximate surface area is 117 Å². The second-order valence-electron chi connectivity index (χ2n) is 4.63. The van der Waals surface area contributed by atoms with Gasteiger partial charge in [0, 0.05) is 19.8 Å². The Morgan fingerprint density at radius 1 is 0.900 bits per heavy atom. The zero-order valence-electron chi connectivity index (χ0n) is 11.7. The van der Waals surface area contributed by atoms with Crippen molar-refractivity contribution in [2.75, 3.05) is 19.0 Å². The second-order valence-corrected chi connectivity index (χ2v) is 4.63. The van der Waals surface area contributed by atoms with Gasteiger partial charge < -0.3 is 4.90 Å². The third-order valence-corrected chi connectivity index (χ3v) is 3.01. The monoisotopic (exact) mass is 271 g/mol. The van der Waals surface area contributed by atoms with E-state index in [4.69, 9.17) is 0 Å². The minimum Gasteiger partial charge on any atom is -0.378 e. The van der Waals surface area contributed by atoms with Crippen molar-refractivity contribution < 1.29 is 8.78 Å². The summed E-state index contributed by atoms with van der Waals surface area (Å²) in [5.41, 5.74) is 2.13. The zero-order valence-corrected chi connectivity index (χ0v) is 11.7. The molecule has 2 aromatic rings. The first kappa shape index (κ1) is 14.1. The number of benzene rings is 2. The molecule has 0 amide bonds. The van der Waals surface area contributed by atoms with Crippen LogP contribution in [0.15, 0.2) is 36.4 Å². The summed E-state index contributed by atoms with van der Waals surface area (Å²) in [6.45, 7) is 1.55. The summed E-state index contributed by atoms with van der Waals surface area (Å²) in [7, 11) is 3.87. The number of halogens is 2. The number of anilines is 1. The van der Waals surface area contributed by atoms with Crippen molar-refractivity contribution in [3.63, 3.8) is 0 Å². The van der Waals surface area contributed by atoms with E-state index in [9.17, 15) is 8.78 Å². The van der Waals surface area contributed by atoms with Crippen LogP contribution >= 0.6 is 0 Å². The van der Waals surface area contributed by atoms with E-state index in [1.807, 2.05) is 43.3 Å². The predicted octanol–water partition coefficient (Wildman–Crippen LogP) is 4.07. The number of rotatable bonds is 2. The fourth-order valence-corrected chi connectivity index (χ4v) is 1.94. The molecule has 0 aliphatic carbocycles. The van der Waals surface area contributed by atoms with E-state index < -0.39 is 11.6 Å². The number of nitrogens with zero attached hydrogens (tertiary/aromatic N) is 1. The maximum absolute atomic E-state index is 13.8. The predicted molar refractivity (Wildman–Crippen MR) is 78.7 cm³/mol. The van der Waals surface area contributed by atoms with E-state index in [0.717, 1.165) is 11.3 Å². The van der Waals surface area contributed by atoms with Gasteiger partial charge in [-0.2, -0.15) is 0 Å². The summed E-state index contributed by atoms with van der Waals surface area (Å²) in [4.78, 5) is 1.96. The van der Waals surface area contributed by atoms with E-state index in [2.05, 4.69) is 11.8 Å². The Hall–Kier alpha value is -2.34. The van der Waals surface area contributed by atoms with Crippen molar-refractivity contribution in [3.8, 4) is 23.0 Å². The van der Waals surface area contributed by atoms with E-state index in [0.29, 0.717) is 5.56 Å². The molecule has 3 heteroatoms. The van der Waals surface area contributed by atoms with Crippen LogP contribution in [0.2, 0.25) is 0 Å². The standard InChI is InChI=1S/C17H15F2N/c1-4-5-15-16(18)10-13(11-17(15)19)12-6-8-14(9-7-12)20(2)3/h6-11H,1-3H3. The molecule has 0 atom stereocenters. The highest BCUT2D eigenvalue weighted by Crippen LogP contribution is 2.26. The topological polar surface area (TPSA) is 3.24 Å². The van der Waals surface area contributed by atoms with Crippen LogP contribution in [-0.2, 0) is 0 Å². The highest BCUT2D eigenvalue weighted by molar-refractivity contribution is 5.67. The first-order valence-corrected chi connectivity index (χ1v) is 6.22. The highest BCUT2D eigenvalue weighted by atomic mass is 19.1. The highest BCUT2D eigenvalue weighted by Gasteiger charge is 2.10. The molecule has 0 aliphatic heterocycles. The molecule has 1 nitrogen and oxygen atoms in total. The fourth-order valence-electron chi connectivity index (χ4n) is 1.94. The Morgan fingerprint density at radius 2 is 1.45 bits per heavy atom. The van der Waals surface area contributed by atoms with Crippen molar-refractivity contribution in [2.45, 2.75) is 6.92 Å². The minimum atomic E-state index is -0.633. The summed E-state index contributed by atoms with van der Waals surface area (Å²) in [5.74, 6) is 3.68. The molecule has 0 aliphatic rings. The van der Waals surface area contributed by atoms with Crippen LogP contribution in [0.4, 0.5) is 14.5 Å². The molecule has 0 radical (unpaired) electrons. The molecule has 0 heterocycles. The third kappa shape index (κ3) is 2.80. The summed E-state index contributed by atoms with van der Waals surface area (Å²) in [6.07, 6.45) is 0. The van der Waals surface area contributed by atoms with Crippen molar-refractivity contribution in [1.82, 2.24) is 0 Å². The van der Waals surface area contributed by atoms with Crippen LogP contribution in [0.1, 0.15) is 12.5 Å². The number of hydrogen-bond acceptors (Lipinski definition) is 1. The summed E-state index contributed by atoms with van der Waals surface area (Å²) >= 11 is 0. The molecule has 0 saturated heterocycles. The van der Waals surface area contributed by atoms with Crippen molar-refractivity contribution in [1.29, 1.82) is 0 Å². The van der Waals surface area contributed by atoms with Gasteiger partial charge in [-0.1, -0.05) is 18.1 Å². The molecule has 0 spiro atoms. The maximum Gasteiger partial charge on any atom is 0.142 e. The van der Waals surface area contributed by atoms with Crippen LogP contribution in [0.3, 0.4) is 0 Å². The Morgan fingerprint density at radius 3 is 1.90 bits per heavy atom. The average molecular weight is 271 g/mol. The maximum atomic E-state index is 13.8. The van der Waals surface area contributed by atoms with Gasteiger partial charge in [-0.15, -0.1) is 5.92 Å². The quantitative estimate of drug-likeness (QED) is 0.744. The van der Waals surface area contributed by atoms with Gasteiger partial charge in [0.05, 0.1) is 5.56 Å². The van der Waals surface area contributed by atoms with Crippen molar-refractivity contribution in [3.05, 3.63) is 53.6 Å². The van der Waals surface area contributed by atoms with E-state index in [1.165, 1.54) is 12.1 Å². The van der Waals surface area contributed by atoms with Gasteiger partial charge in [-0.3, -0.25) is 0 Å². The van der Waals surface area contributed by atoms with Crippen molar-refractivity contribution >= 4 is 5.69 Å². The molecule has 0 aromatic heterocycles. The van der Waals surface area contributed by atoms with Gasteiger partial charge in [0.2, 0.25) is 0 Å². The molecular formula is C17H15F2N. The van der Waals surface area contributed by atoms with Gasteiger partial charge >= 0.3 is 0 Å². The van der Waals surface area contributed by atoms with Crippen LogP contribution in [0.25, 0.3) is 11.1 Å². The van der Waals surface area contributed by atoms with Gasteiger partial charge in [-0.05, 0) is 42.3 Å². The SMILES string of the molecule is CC#Cc1c(F)cc(-c2ccc(N(C)C)cc2)cc1F. The third-order valence-electron chi connectivity index (χ3n) is 3.01. The molecule has 0 N–H and O–H groups in total. The molecule has 102 valence electrons. The zero-order chi connectivity index (χ0) is 14.7. The lowest BCUT2D eigenvalue weighted by Crippen LogP contribution is -2.07. The normalized spacial score (nSPS) is 9.85. The van der Waals surface area contributed by atoms with Gasteiger partial charge in [0.25, 0.3) is 0 Å². The lowest BCUT2D eigenvalue weighted by atomic mass is 10.0. The minimum absolute atomic E-state index is 0.179. The summed E-state index contributed by atoms with van der Waals surface area (Å²) in [6, 6.07) is 10.1. The average Bonchev–Trinajstić information content (AvgIpc) is 2.42. The van der Waals surface area contributed by atoms with Crippen LogP contribution in [-0.4, -0.2) is 14.1 Å². The first-order chi connectivity index (χ1) is 9.52.